The van der Waals surface area contributed by atoms with Crippen LogP contribution in [0.25, 0.3) is 0 Å². The molecule has 292 valence electrons. The highest BCUT2D eigenvalue weighted by atomic mass is 32.1. The van der Waals surface area contributed by atoms with Crippen LogP contribution in [0.5, 0.6) is 0 Å². The molecular weight excluding hydrogens is 607 g/mol. The molecule has 0 aliphatic heterocycles. The third-order valence-corrected chi connectivity index (χ3v) is 9.72. The third kappa shape index (κ3) is 50.2. The summed E-state index contributed by atoms with van der Waals surface area (Å²) in [6, 6.07) is 0. The monoisotopic (exact) mass is 700 g/mol. The van der Waals surface area contributed by atoms with Crippen molar-refractivity contribution in [3.05, 3.63) is 12.3 Å². The first kappa shape index (κ1) is 52.2. The highest BCUT2D eigenvalue weighted by Gasteiger charge is 2.13. The van der Waals surface area contributed by atoms with E-state index in [9.17, 15) is 0 Å². The number of nitrogens with one attached hydrogen (secondary N) is 1. The summed E-state index contributed by atoms with van der Waals surface area (Å²) < 4.78 is 10.3. The predicted octanol–water partition coefficient (Wildman–Crippen LogP) is 15.1. The second kappa shape index (κ2) is 51.2. The van der Waals surface area contributed by atoms with E-state index in [0.29, 0.717) is 0 Å². The molecule has 48 heavy (non-hydrogen) atoms. The molecule has 1 rings (SSSR count). The molecule has 1 N–H and O–H groups in total. The maximum Gasteiger partial charge on any atom is 0.0884 e. The fourth-order valence-electron chi connectivity index (χ4n) is 6.29. The van der Waals surface area contributed by atoms with E-state index in [1.54, 1.807) is 20.0 Å². The number of hydrogen-bond acceptors (Lipinski definition) is 4. The predicted molar refractivity (Wildman–Crippen MR) is 224 cm³/mol. The third-order valence-electron chi connectivity index (χ3n) is 9.41. The molecule has 0 aromatic carbocycles. The minimum atomic E-state index is 0.866. The Balaban J connectivity index is -0.000000663. The molecule has 1 aliphatic rings. The van der Waals surface area contributed by atoms with Crippen LogP contribution in [-0.2, 0) is 9.47 Å². The Morgan fingerprint density at radius 2 is 1.04 bits per heavy atom. The van der Waals surface area contributed by atoms with Crippen LogP contribution < -0.4 is 5.32 Å². The second-order valence-electron chi connectivity index (χ2n) is 14.0. The standard InChI is InChI=1S/C21H42.C14H30OS.C7H15NO.C2H6/c1-2-3-4-5-6-7-8-9-10-11-12-13-14-15-18-21-19-16-17-20-21;1-2-12-15-13-10-8-6-4-3-5-7-9-11-14-16;1-7(9-3)5-4-6-8-2;1-2/h21H,2-20H2,1H3;16H,2-14H2,1H3;8H,1,4-6H2,2-3H3;1-2H3. The van der Waals surface area contributed by atoms with Gasteiger partial charge in [0.2, 0.25) is 0 Å². The zero-order valence-electron chi connectivity index (χ0n) is 34.3. The molecule has 0 amide bonds. The van der Waals surface area contributed by atoms with E-state index in [0.717, 1.165) is 56.5 Å². The Hall–Kier alpha value is -0.190. The van der Waals surface area contributed by atoms with Crippen molar-refractivity contribution in [1.82, 2.24) is 5.32 Å². The van der Waals surface area contributed by atoms with Crippen LogP contribution in [0.15, 0.2) is 12.3 Å². The largest absolute Gasteiger partial charge is 0.502 e. The van der Waals surface area contributed by atoms with Crippen molar-refractivity contribution in [2.24, 2.45) is 5.92 Å². The molecule has 0 aromatic rings. The van der Waals surface area contributed by atoms with Crippen molar-refractivity contribution < 1.29 is 9.47 Å². The molecule has 1 fully saturated rings. The number of hydrogen-bond donors (Lipinski definition) is 2. The normalized spacial score (nSPS) is 12.4. The SMILES string of the molecule is C=C(CCCNC)OC.CC.CCCCCCCCCCCCCCCCC1CCCC1.CCCOCCCCCCCCCCCS. The van der Waals surface area contributed by atoms with Crippen molar-refractivity contribution in [2.75, 3.05) is 39.7 Å². The fourth-order valence-corrected chi connectivity index (χ4v) is 6.51. The lowest BCUT2D eigenvalue weighted by atomic mass is 9.99. The number of thiol groups is 1. The van der Waals surface area contributed by atoms with Gasteiger partial charge < -0.3 is 14.8 Å². The minimum absolute atomic E-state index is 0.866. The zero-order valence-corrected chi connectivity index (χ0v) is 35.2. The van der Waals surface area contributed by atoms with Gasteiger partial charge in [-0.05, 0) is 50.9 Å². The van der Waals surface area contributed by atoms with Crippen LogP contribution in [-0.4, -0.2) is 39.7 Å². The van der Waals surface area contributed by atoms with E-state index in [2.05, 4.69) is 38.4 Å². The van der Waals surface area contributed by atoms with Crippen LogP contribution >= 0.6 is 12.6 Å². The molecule has 0 saturated heterocycles. The molecule has 0 radical (unpaired) electrons. The van der Waals surface area contributed by atoms with Crippen LogP contribution in [0.3, 0.4) is 0 Å². The number of unbranched alkanes of at least 4 members (excludes halogenated alkanes) is 21. The van der Waals surface area contributed by atoms with E-state index in [1.807, 2.05) is 20.9 Å². The molecule has 3 nitrogen and oxygen atoms in total. The summed E-state index contributed by atoms with van der Waals surface area (Å²) in [4.78, 5) is 0. The van der Waals surface area contributed by atoms with Gasteiger partial charge in [-0.25, -0.2) is 0 Å². The van der Waals surface area contributed by atoms with E-state index >= 15 is 0 Å². The van der Waals surface area contributed by atoms with Gasteiger partial charge in [0, 0.05) is 19.6 Å². The van der Waals surface area contributed by atoms with Crippen molar-refractivity contribution >= 4 is 12.6 Å². The minimum Gasteiger partial charge on any atom is -0.502 e. The Morgan fingerprint density at radius 1 is 0.604 bits per heavy atom. The Labute approximate surface area is 311 Å². The molecule has 0 aromatic heterocycles. The van der Waals surface area contributed by atoms with Gasteiger partial charge in [0.15, 0.2) is 0 Å². The number of methoxy groups -OCH3 is 1. The first-order valence-corrected chi connectivity index (χ1v) is 22.3. The summed E-state index contributed by atoms with van der Waals surface area (Å²) in [5, 5.41) is 3.05. The van der Waals surface area contributed by atoms with E-state index in [-0.39, 0.29) is 0 Å². The van der Waals surface area contributed by atoms with Crippen molar-refractivity contribution in [2.45, 2.75) is 227 Å². The maximum atomic E-state index is 5.45. The zero-order chi connectivity index (χ0) is 36.0. The lowest BCUT2D eigenvalue weighted by molar-refractivity contribution is 0.130. The molecule has 0 atom stereocenters. The first-order chi connectivity index (χ1) is 23.7. The molecule has 4 heteroatoms. The number of ether oxygens (including phenoxy) is 2. The summed E-state index contributed by atoms with van der Waals surface area (Å²) in [5.41, 5.74) is 0. The fraction of sp³-hybridized carbons (Fsp3) is 0.955. The van der Waals surface area contributed by atoms with Crippen molar-refractivity contribution in [1.29, 1.82) is 0 Å². The van der Waals surface area contributed by atoms with Crippen LogP contribution in [0.4, 0.5) is 0 Å². The Bertz CT molecular complexity index is 524. The lowest BCUT2D eigenvalue weighted by Crippen LogP contribution is -2.07. The maximum absolute atomic E-state index is 5.45. The topological polar surface area (TPSA) is 30.5 Å². The molecule has 0 unspecified atom stereocenters. The molecule has 0 heterocycles. The molecule has 1 saturated carbocycles. The van der Waals surface area contributed by atoms with E-state index < -0.39 is 0 Å². The van der Waals surface area contributed by atoms with Gasteiger partial charge >= 0.3 is 0 Å². The highest BCUT2D eigenvalue weighted by molar-refractivity contribution is 7.80. The summed E-state index contributed by atoms with van der Waals surface area (Å²) in [6.45, 7) is 15.1. The van der Waals surface area contributed by atoms with Crippen molar-refractivity contribution in [3.8, 4) is 0 Å². The smallest absolute Gasteiger partial charge is 0.0884 e. The molecule has 0 bridgehead atoms. The summed E-state index contributed by atoms with van der Waals surface area (Å²) in [5.74, 6) is 3.03. The Kier molecular flexibility index (Phi) is 55.6. The van der Waals surface area contributed by atoms with Crippen LogP contribution in [0, 0.1) is 5.92 Å². The summed E-state index contributed by atoms with van der Waals surface area (Å²) >= 11 is 4.21. The lowest BCUT2D eigenvalue weighted by Gasteiger charge is -2.08. The summed E-state index contributed by atoms with van der Waals surface area (Å²) in [6.07, 6.45) is 43.9. The van der Waals surface area contributed by atoms with Gasteiger partial charge in [0.05, 0.1) is 12.9 Å². The van der Waals surface area contributed by atoms with E-state index in [1.165, 1.54) is 167 Å². The summed E-state index contributed by atoms with van der Waals surface area (Å²) in [7, 11) is 3.59. The first-order valence-electron chi connectivity index (χ1n) is 21.7. The second-order valence-corrected chi connectivity index (χ2v) is 14.5. The molecular formula is C44H93NO2S. The van der Waals surface area contributed by atoms with Gasteiger partial charge in [0.1, 0.15) is 0 Å². The Morgan fingerprint density at radius 3 is 1.46 bits per heavy atom. The van der Waals surface area contributed by atoms with Gasteiger partial charge in [-0.1, -0.05) is 201 Å². The quantitative estimate of drug-likeness (QED) is 0.0406. The van der Waals surface area contributed by atoms with Crippen LogP contribution in [0.2, 0.25) is 0 Å². The van der Waals surface area contributed by atoms with Gasteiger partial charge in [0.25, 0.3) is 0 Å². The number of allylic oxidation sites excluding steroid dienone is 1. The van der Waals surface area contributed by atoms with E-state index in [4.69, 9.17) is 9.47 Å². The van der Waals surface area contributed by atoms with Crippen molar-refractivity contribution in [3.63, 3.8) is 0 Å². The van der Waals surface area contributed by atoms with Gasteiger partial charge in [-0.3, -0.25) is 0 Å². The average Bonchev–Trinajstić information content (AvgIpc) is 3.64. The molecule has 0 spiro atoms. The van der Waals surface area contributed by atoms with Gasteiger partial charge in [-0.15, -0.1) is 0 Å². The van der Waals surface area contributed by atoms with Gasteiger partial charge in [-0.2, -0.15) is 12.6 Å². The molecule has 1 aliphatic carbocycles. The van der Waals surface area contributed by atoms with Crippen LogP contribution in [0.1, 0.15) is 227 Å². The number of rotatable bonds is 33. The average molecular weight is 700 g/mol. The highest BCUT2D eigenvalue weighted by Crippen LogP contribution is 2.29.